The molecule has 1 N–H and O–H groups in total. The van der Waals surface area contributed by atoms with Crippen LogP contribution in [0.2, 0.25) is 0 Å². The van der Waals surface area contributed by atoms with Gasteiger partial charge in [0.15, 0.2) is 0 Å². The van der Waals surface area contributed by atoms with Gasteiger partial charge in [-0.25, -0.2) is 0 Å². The van der Waals surface area contributed by atoms with E-state index in [4.69, 9.17) is 0 Å². The number of likely N-dealkylation sites (tertiary alicyclic amines) is 1. The summed E-state index contributed by atoms with van der Waals surface area (Å²) in [5, 5.41) is 2.95. The highest BCUT2D eigenvalue weighted by atomic mass is 16.2. The Bertz CT molecular complexity index is 514. The second-order valence-electron chi connectivity index (χ2n) is 6.31. The number of carbonyl (C=O) groups excluding carboxylic acids is 1. The van der Waals surface area contributed by atoms with E-state index in [0.29, 0.717) is 12.0 Å². The van der Waals surface area contributed by atoms with Gasteiger partial charge >= 0.3 is 0 Å². The lowest BCUT2D eigenvalue weighted by Gasteiger charge is -2.43. The summed E-state index contributed by atoms with van der Waals surface area (Å²) in [6.07, 6.45) is 14.2. The Balaban J connectivity index is 1.55. The molecule has 1 amide bonds. The minimum Gasteiger partial charge on any atom is -0.325 e. The Labute approximate surface area is 126 Å². The molecule has 2 aliphatic rings. The third-order valence-electron chi connectivity index (χ3n) is 4.63. The zero-order valence-electron chi connectivity index (χ0n) is 12.4. The molecule has 1 spiro atoms. The molecule has 21 heavy (non-hydrogen) atoms. The number of allylic oxidation sites excluding steroid dienone is 2. The van der Waals surface area contributed by atoms with Crippen LogP contribution < -0.4 is 5.32 Å². The fourth-order valence-corrected chi connectivity index (χ4v) is 3.60. The molecule has 1 aliphatic heterocycles. The Morgan fingerprint density at radius 3 is 2.90 bits per heavy atom. The predicted octanol–water partition coefficient (Wildman–Crippen LogP) is 2.84. The lowest BCUT2D eigenvalue weighted by atomic mass is 9.71. The number of hydrogen-bond donors (Lipinski definition) is 1. The van der Waals surface area contributed by atoms with Crippen molar-refractivity contribution in [3.63, 3.8) is 0 Å². The molecule has 1 saturated heterocycles. The van der Waals surface area contributed by atoms with Gasteiger partial charge in [-0.15, -0.1) is 0 Å². The smallest absolute Gasteiger partial charge is 0.238 e. The SMILES string of the molecule is O=C(CN1CCCC2(CC=CCC2)C1)Nc1ccncc1. The van der Waals surface area contributed by atoms with Crippen molar-refractivity contribution in [2.24, 2.45) is 5.41 Å². The summed E-state index contributed by atoms with van der Waals surface area (Å²) in [5.74, 6) is 0.0737. The number of hydrogen-bond acceptors (Lipinski definition) is 3. The Morgan fingerprint density at radius 1 is 1.29 bits per heavy atom. The number of carbonyl (C=O) groups is 1. The lowest BCUT2D eigenvalue weighted by molar-refractivity contribution is -0.118. The van der Waals surface area contributed by atoms with Crippen LogP contribution in [-0.2, 0) is 4.79 Å². The van der Waals surface area contributed by atoms with Crippen LogP contribution in [0, 0.1) is 5.41 Å². The number of aromatic nitrogens is 1. The molecule has 1 atom stereocenters. The molecule has 1 fully saturated rings. The average molecular weight is 285 g/mol. The van der Waals surface area contributed by atoms with Gasteiger partial charge in [-0.05, 0) is 56.2 Å². The summed E-state index contributed by atoms with van der Waals surface area (Å²) in [6, 6.07) is 3.64. The quantitative estimate of drug-likeness (QED) is 0.869. The van der Waals surface area contributed by atoms with Gasteiger partial charge in [0.2, 0.25) is 5.91 Å². The highest BCUT2D eigenvalue weighted by molar-refractivity contribution is 5.92. The van der Waals surface area contributed by atoms with Crippen LogP contribution in [0.1, 0.15) is 32.1 Å². The maximum atomic E-state index is 12.2. The molecule has 0 bridgehead atoms. The maximum absolute atomic E-state index is 12.2. The van der Waals surface area contributed by atoms with Gasteiger partial charge in [-0.2, -0.15) is 0 Å². The molecule has 112 valence electrons. The minimum absolute atomic E-state index is 0.0737. The van der Waals surface area contributed by atoms with Crippen LogP contribution in [0.4, 0.5) is 5.69 Å². The number of nitrogens with zero attached hydrogens (tertiary/aromatic N) is 2. The predicted molar refractivity (Wildman–Crippen MR) is 84.0 cm³/mol. The molecule has 4 heteroatoms. The molecule has 0 aromatic carbocycles. The van der Waals surface area contributed by atoms with E-state index in [0.717, 1.165) is 18.8 Å². The highest BCUT2D eigenvalue weighted by Gasteiger charge is 2.35. The first-order valence-electron chi connectivity index (χ1n) is 7.83. The van der Waals surface area contributed by atoms with E-state index in [1.54, 1.807) is 12.4 Å². The molecule has 1 aromatic heterocycles. The second kappa shape index (κ2) is 6.39. The standard InChI is InChI=1S/C17H23N3O/c21-16(19-15-5-10-18-11-6-15)13-20-12-4-9-17(14-20)7-2-1-3-8-17/h1-2,5-6,10-11H,3-4,7-9,12-14H2,(H,18,19,21). The average Bonchev–Trinajstić information content (AvgIpc) is 2.49. The largest absolute Gasteiger partial charge is 0.325 e. The molecule has 0 saturated carbocycles. The van der Waals surface area contributed by atoms with Gasteiger partial charge < -0.3 is 5.32 Å². The summed E-state index contributed by atoms with van der Waals surface area (Å²) in [4.78, 5) is 18.4. The highest BCUT2D eigenvalue weighted by Crippen LogP contribution is 2.40. The van der Waals surface area contributed by atoms with Crippen molar-refractivity contribution in [1.82, 2.24) is 9.88 Å². The summed E-state index contributed by atoms with van der Waals surface area (Å²) in [6.45, 7) is 2.59. The third-order valence-corrected chi connectivity index (χ3v) is 4.63. The van der Waals surface area contributed by atoms with Gasteiger partial charge in [-0.1, -0.05) is 12.2 Å². The van der Waals surface area contributed by atoms with Crippen molar-refractivity contribution in [2.45, 2.75) is 32.1 Å². The van der Waals surface area contributed by atoms with Gasteiger partial charge in [0.05, 0.1) is 6.54 Å². The molecular weight excluding hydrogens is 262 g/mol. The van der Waals surface area contributed by atoms with E-state index in [2.05, 4.69) is 27.4 Å². The van der Waals surface area contributed by atoms with Crippen LogP contribution >= 0.6 is 0 Å². The van der Waals surface area contributed by atoms with Crippen LogP contribution in [-0.4, -0.2) is 35.4 Å². The Morgan fingerprint density at radius 2 is 2.14 bits per heavy atom. The van der Waals surface area contributed by atoms with E-state index in [9.17, 15) is 4.79 Å². The zero-order valence-corrected chi connectivity index (χ0v) is 12.4. The fraction of sp³-hybridized carbons (Fsp3) is 0.529. The first-order chi connectivity index (χ1) is 10.3. The van der Waals surface area contributed by atoms with Crippen molar-refractivity contribution >= 4 is 11.6 Å². The van der Waals surface area contributed by atoms with Gasteiger partial charge in [0.1, 0.15) is 0 Å². The number of piperidine rings is 1. The minimum atomic E-state index is 0.0737. The molecular formula is C17H23N3O. The first-order valence-corrected chi connectivity index (χ1v) is 7.83. The lowest BCUT2D eigenvalue weighted by Crippen LogP contribution is -2.46. The number of amides is 1. The Kier molecular flexibility index (Phi) is 4.34. The van der Waals surface area contributed by atoms with Crippen LogP contribution in [0.25, 0.3) is 0 Å². The molecule has 1 aliphatic carbocycles. The fourth-order valence-electron chi connectivity index (χ4n) is 3.60. The number of anilines is 1. The molecule has 1 unspecified atom stereocenters. The monoisotopic (exact) mass is 285 g/mol. The van der Waals surface area contributed by atoms with Crippen molar-refractivity contribution in [3.8, 4) is 0 Å². The summed E-state index contributed by atoms with van der Waals surface area (Å²) in [7, 11) is 0. The summed E-state index contributed by atoms with van der Waals surface area (Å²) in [5.41, 5.74) is 1.24. The normalized spacial score (nSPS) is 25.9. The van der Waals surface area contributed by atoms with E-state index in [1.807, 2.05) is 12.1 Å². The van der Waals surface area contributed by atoms with Crippen LogP contribution in [0.5, 0.6) is 0 Å². The number of pyridine rings is 1. The molecule has 4 nitrogen and oxygen atoms in total. The van der Waals surface area contributed by atoms with E-state index in [1.165, 1.54) is 32.1 Å². The van der Waals surface area contributed by atoms with E-state index >= 15 is 0 Å². The van der Waals surface area contributed by atoms with Gasteiger partial charge in [0.25, 0.3) is 0 Å². The first kappa shape index (κ1) is 14.3. The van der Waals surface area contributed by atoms with Crippen LogP contribution in [0.3, 0.4) is 0 Å². The van der Waals surface area contributed by atoms with Crippen LogP contribution in [0.15, 0.2) is 36.7 Å². The molecule has 0 radical (unpaired) electrons. The zero-order chi connectivity index (χ0) is 14.5. The molecule has 3 rings (SSSR count). The van der Waals surface area contributed by atoms with E-state index in [-0.39, 0.29) is 5.91 Å². The maximum Gasteiger partial charge on any atom is 0.238 e. The van der Waals surface area contributed by atoms with Crippen molar-refractivity contribution in [3.05, 3.63) is 36.7 Å². The number of rotatable bonds is 3. The molecule has 2 heterocycles. The van der Waals surface area contributed by atoms with Gasteiger partial charge in [0, 0.05) is 24.6 Å². The second-order valence-corrected chi connectivity index (χ2v) is 6.31. The number of nitrogens with one attached hydrogen (secondary N) is 1. The summed E-state index contributed by atoms with van der Waals surface area (Å²) >= 11 is 0. The Hall–Kier alpha value is -1.68. The third kappa shape index (κ3) is 3.70. The summed E-state index contributed by atoms with van der Waals surface area (Å²) < 4.78 is 0. The van der Waals surface area contributed by atoms with Gasteiger partial charge in [-0.3, -0.25) is 14.7 Å². The van der Waals surface area contributed by atoms with E-state index < -0.39 is 0 Å². The molecule has 1 aromatic rings. The van der Waals surface area contributed by atoms with Crippen molar-refractivity contribution < 1.29 is 4.79 Å². The van der Waals surface area contributed by atoms with Crippen molar-refractivity contribution in [2.75, 3.05) is 25.0 Å². The van der Waals surface area contributed by atoms with Crippen molar-refractivity contribution in [1.29, 1.82) is 0 Å². The topological polar surface area (TPSA) is 45.2 Å².